The summed E-state index contributed by atoms with van der Waals surface area (Å²) in [4.78, 5) is 18.9. The molecule has 0 aliphatic carbocycles. The van der Waals surface area contributed by atoms with Crippen molar-refractivity contribution in [1.82, 2.24) is 9.97 Å². The van der Waals surface area contributed by atoms with Gasteiger partial charge in [-0.3, -0.25) is 0 Å². The summed E-state index contributed by atoms with van der Waals surface area (Å²) in [6.07, 6.45) is -7.07. The number of aryl methyl sites for hydroxylation is 1. The van der Waals surface area contributed by atoms with E-state index >= 15 is 0 Å². The van der Waals surface area contributed by atoms with Crippen molar-refractivity contribution in [3.05, 3.63) is 32.7 Å². The molecule has 0 bridgehead atoms. The molecule has 2 heterocycles. The van der Waals surface area contributed by atoms with Gasteiger partial charge < -0.3 is 4.74 Å². The van der Waals surface area contributed by atoms with Crippen LogP contribution >= 0.6 is 22.7 Å². The zero-order valence-electron chi connectivity index (χ0n) is 9.47. The minimum atomic E-state index is -4.71. The Morgan fingerprint density at radius 2 is 2.16 bits per heavy atom. The SMILES string of the molecule is Cc1csc(C(OC(=O)c2cscn2)C(F)(F)F)n1. The van der Waals surface area contributed by atoms with Crippen LogP contribution in [-0.4, -0.2) is 22.1 Å². The number of thiazole rings is 2. The molecule has 0 aromatic carbocycles. The lowest BCUT2D eigenvalue weighted by Crippen LogP contribution is -2.26. The van der Waals surface area contributed by atoms with E-state index in [2.05, 4.69) is 14.7 Å². The summed E-state index contributed by atoms with van der Waals surface area (Å²) in [5, 5.41) is 2.49. The monoisotopic (exact) mass is 308 g/mol. The van der Waals surface area contributed by atoms with Gasteiger partial charge in [-0.25, -0.2) is 14.8 Å². The van der Waals surface area contributed by atoms with E-state index in [0.29, 0.717) is 5.69 Å². The normalized spacial score (nSPS) is 13.3. The van der Waals surface area contributed by atoms with Gasteiger partial charge in [0.05, 0.1) is 5.51 Å². The third kappa shape index (κ3) is 3.29. The lowest BCUT2D eigenvalue weighted by molar-refractivity contribution is -0.207. The smallest absolute Gasteiger partial charge is 0.432 e. The molecule has 0 saturated heterocycles. The molecule has 0 N–H and O–H groups in total. The maximum atomic E-state index is 12.9. The van der Waals surface area contributed by atoms with Crippen LogP contribution in [-0.2, 0) is 4.74 Å². The largest absolute Gasteiger partial charge is 0.440 e. The van der Waals surface area contributed by atoms with E-state index in [1.165, 1.54) is 16.3 Å². The lowest BCUT2D eigenvalue weighted by atomic mass is 10.3. The summed E-state index contributed by atoms with van der Waals surface area (Å²) < 4.78 is 43.2. The third-order valence-corrected chi connectivity index (χ3v) is 3.62. The standard InChI is InChI=1S/C10H7F3N2O2S2/c1-5-2-19-8(15-5)7(10(11,12)13)17-9(16)6-3-18-4-14-6/h2-4,7H,1H3. The molecule has 2 rings (SSSR count). The number of alkyl halides is 3. The number of hydrogen-bond acceptors (Lipinski definition) is 6. The maximum Gasteiger partial charge on any atom is 0.432 e. The number of aromatic nitrogens is 2. The van der Waals surface area contributed by atoms with Gasteiger partial charge in [-0.2, -0.15) is 13.2 Å². The van der Waals surface area contributed by atoms with Crippen molar-refractivity contribution in [1.29, 1.82) is 0 Å². The molecule has 0 spiro atoms. The average Bonchev–Trinajstić information content (AvgIpc) is 2.94. The van der Waals surface area contributed by atoms with E-state index in [1.54, 1.807) is 6.92 Å². The minimum absolute atomic E-state index is 0.146. The second kappa shape index (κ2) is 5.25. The third-order valence-electron chi connectivity index (χ3n) is 2.02. The van der Waals surface area contributed by atoms with Crippen LogP contribution in [0.4, 0.5) is 13.2 Å². The second-order valence-electron chi connectivity index (χ2n) is 3.53. The number of hydrogen-bond donors (Lipinski definition) is 0. The van der Waals surface area contributed by atoms with Crippen molar-refractivity contribution in [2.24, 2.45) is 0 Å². The van der Waals surface area contributed by atoms with Crippen molar-refractivity contribution in [3.63, 3.8) is 0 Å². The molecule has 102 valence electrons. The van der Waals surface area contributed by atoms with E-state index in [-0.39, 0.29) is 10.7 Å². The maximum absolute atomic E-state index is 12.9. The molecule has 1 atom stereocenters. The molecule has 9 heteroatoms. The van der Waals surface area contributed by atoms with Crippen LogP contribution in [0.2, 0.25) is 0 Å². The van der Waals surface area contributed by atoms with E-state index in [9.17, 15) is 18.0 Å². The predicted molar refractivity (Wildman–Crippen MR) is 63.2 cm³/mol. The van der Waals surface area contributed by atoms with Crippen LogP contribution in [0.15, 0.2) is 16.3 Å². The highest BCUT2D eigenvalue weighted by atomic mass is 32.1. The molecular formula is C10H7F3N2O2S2. The van der Waals surface area contributed by atoms with E-state index in [4.69, 9.17) is 0 Å². The van der Waals surface area contributed by atoms with Crippen LogP contribution < -0.4 is 0 Å². The van der Waals surface area contributed by atoms with Gasteiger partial charge in [0.25, 0.3) is 0 Å². The first-order valence-corrected chi connectivity index (χ1v) is 6.78. The van der Waals surface area contributed by atoms with Gasteiger partial charge in [0.2, 0.25) is 6.10 Å². The molecule has 19 heavy (non-hydrogen) atoms. The molecule has 0 fully saturated rings. The Morgan fingerprint density at radius 3 is 2.63 bits per heavy atom. The number of carbonyl (C=O) groups is 1. The second-order valence-corrected chi connectivity index (χ2v) is 5.14. The van der Waals surface area contributed by atoms with Crippen LogP contribution in [0, 0.1) is 6.92 Å². The van der Waals surface area contributed by atoms with Crippen molar-refractivity contribution in [3.8, 4) is 0 Å². The van der Waals surface area contributed by atoms with Gasteiger partial charge in [-0.1, -0.05) is 0 Å². The van der Waals surface area contributed by atoms with Gasteiger partial charge in [0.1, 0.15) is 5.01 Å². The highest BCUT2D eigenvalue weighted by molar-refractivity contribution is 7.09. The summed E-state index contributed by atoms with van der Waals surface area (Å²) in [6, 6.07) is 0. The fraction of sp³-hybridized carbons (Fsp3) is 0.300. The molecule has 0 radical (unpaired) electrons. The zero-order valence-corrected chi connectivity index (χ0v) is 11.1. The van der Waals surface area contributed by atoms with Crippen molar-refractivity contribution >= 4 is 28.6 Å². The summed E-state index contributed by atoms with van der Waals surface area (Å²) in [5.74, 6) is -1.11. The highest BCUT2D eigenvalue weighted by Crippen LogP contribution is 2.37. The minimum Gasteiger partial charge on any atom is -0.440 e. The fourth-order valence-corrected chi connectivity index (χ4v) is 2.60. The predicted octanol–water partition coefficient (Wildman–Crippen LogP) is 3.37. The van der Waals surface area contributed by atoms with Gasteiger partial charge >= 0.3 is 12.1 Å². The number of halogens is 3. The van der Waals surface area contributed by atoms with Crippen molar-refractivity contribution in [2.45, 2.75) is 19.2 Å². The Labute approximate surface area is 113 Å². The van der Waals surface area contributed by atoms with Gasteiger partial charge in [-0.15, -0.1) is 22.7 Å². The molecular weight excluding hydrogens is 301 g/mol. The van der Waals surface area contributed by atoms with Crippen LogP contribution in [0.1, 0.15) is 27.3 Å². The molecule has 0 amide bonds. The van der Waals surface area contributed by atoms with E-state index < -0.39 is 18.2 Å². The number of rotatable bonds is 3. The van der Waals surface area contributed by atoms with Gasteiger partial charge in [0.15, 0.2) is 5.69 Å². The Morgan fingerprint density at radius 1 is 1.42 bits per heavy atom. The molecule has 0 saturated carbocycles. The summed E-state index contributed by atoms with van der Waals surface area (Å²) in [5.41, 5.74) is 1.64. The van der Waals surface area contributed by atoms with Crippen molar-refractivity contribution in [2.75, 3.05) is 0 Å². The lowest BCUT2D eigenvalue weighted by Gasteiger charge is -2.17. The van der Waals surface area contributed by atoms with Crippen molar-refractivity contribution < 1.29 is 22.7 Å². The summed E-state index contributed by atoms with van der Waals surface area (Å²) in [6.45, 7) is 1.57. The molecule has 2 aromatic heterocycles. The van der Waals surface area contributed by atoms with Crippen LogP contribution in [0.5, 0.6) is 0 Å². The van der Waals surface area contributed by atoms with Crippen LogP contribution in [0.3, 0.4) is 0 Å². The highest BCUT2D eigenvalue weighted by Gasteiger charge is 2.46. The van der Waals surface area contributed by atoms with Gasteiger partial charge in [0, 0.05) is 16.5 Å². The first kappa shape index (κ1) is 13.9. The van der Waals surface area contributed by atoms with E-state index in [0.717, 1.165) is 22.7 Å². The number of nitrogens with zero attached hydrogens (tertiary/aromatic N) is 2. The number of ether oxygens (including phenoxy) is 1. The molecule has 0 aliphatic heterocycles. The molecule has 2 aromatic rings. The van der Waals surface area contributed by atoms with E-state index in [1.807, 2.05) is 0 Å². The first-order valence-electron chi connectivity index (χ1n) is 4.96. The quantitative estimate of drug-likeness (QED) is 0.816. The topological polar surface area (TPSA) is 52.1 Å². The first-order chi connectivity index (χ1) is 8.88. The Balaban J connectivity index is 2.23. The molecule has 1 unspecified atom stereocenters. The number of carbonyl (C=O) groups excluding carboxylic acids is 1. The molecule has 0 aliphatic rings. The summed E-state index contributed by atoms with van der Waals surface area (Å²) in [7, 11) is 0. The zero-order chi connectivity index (χ0) is 14.0. The van der Waals surface area contributed by atoms with Gasteiger partial charge in [-0.05, 0) is 6.92 Å². The Kier molecular flexibility index (Phi) is 3.85. The van der Waals surface area contributed by atoms with Crippen LogP contribution in [0.25, 0.3) is 0 Å². The fourth-order valence-electron chi connectivity index (χ4n) is 1.23. The number of esters is 1. The Hall–Kier alpha value is -1.48. The Bertz CT molecular complexity index is 566. The molecule has 4 nitrogen and oxygen atoms in total. The summed E-state index contributed by atoms with van der Waals surface area (Å²) >= 11 is 1.89. The average molecular weight is 308 g/mol.